The number of hydrogen-bond donors (Lipinski definition) is 0. The van der Waals surface area contributed by atoms with Crippen LogP contribution in [0.5, 0.6) is 0 Å². The summed E-state index contributed by atoms with van der Waals surface area (Å²) in [5.41, 5.74) is 0. The number of carbonyl (C=O) groups is 1. The maximum atomic E-state index is 11.7. The molecule has 0 unspecified atom stereocenters. The van der Waals surface area contributed by atoms with Crippen LogP contribution < -0.4 is 0 Å². The van der Waals surface area contributed by atoms with Gasteiger partial charge in [0.05, 0.1) is 6.10 Å². The second-order valence-electron chi connectivity index (χ2n) is 5.06. The van der Waals surface area contributed by atoms with Crippen LogP contribution in [-0.4, -0.2) is 30.1 Å². The zero-order chi connectivity index (χ0) is 13.0. The van der Waals surface area contributed by atoms with Gasteiger partial charge in [-0.3, -0.25) is 4.90 Å². The van der Waals surface area contributed by atoms with E-state index in [0.717, 1.165) is 11.4 Å². The van der Waals surface area contributed by atoms with Crippen molar-refractivity contribution in [2.45, 2.75) is 45.8 Å². The third-order valence-corrected chi connectivity index (χ3v) is 4.08. The number of hydrogen-bond acceptors (Lipinski definition) is 4. The number of thiophene rings is 1. The Kier molecular flexibility index (Phi) is 4.78. The largest absolute Gasteiger partial charge is 0.459 e. The molecular formula is C14H21NO2S. The van der Waals surface area contributed by atoms with E-state index in [1.165, 1.54) is 37.2 Å². The average molecular weight is 267 g/mol. The van der Waals surface area contributed by atoms with Crippen molar-refractivity contribution >= 4 is 17.3 Å². The van der Waals surface area contributed by atoms with Crippen LogP contribution in [0.4, 0.5) is 0 Å². The molecule has 0 N–H and O–H groups in total. The summed E-state index contributed by atoms with van der Waals surface area (Å²) in [6, 6.07) is 3.94. The highest BCUT2D eigenvalue weighted by Crippen LogP contribution is 2.21. The van der Waals surface area contributed by atoms with E-state index in [1.54, 1.807) is 11.3 Å². The first-order chi connectivity index (χ1) is 8.65. The summed E-state index contributed by atoms with van der Waals surface area (Å²) in [6.07, 6.45) is 3.90. The van der Waals surface area contributed by atoms with E-state index in [2.05, 4.69) is 11.0 Å². The van der Waals surface area contributed by atoms with Gasteiger partial charge in [0.25, 0.3) is 0 Å². The van der Waals surface area contributed by atoms with E-state index in [0.29, 0.717) is 0 Å². The summed E-state index contributed by atoms with van der Waals surface area (Å²) >= 11 is 1.56. The molecule has 1 aliphatic rings. The quantitative estimate of drug-likeness (QED) is 0.784. The number of ether oxygens (including phenoxy) is 1. The van der Waals surface area contributed by atoms with E-state index < -0.39 is 0 Å². The van der Waals surface area contributed by atoms with E-state index in [1.807, 2.05) is 19.9 Å². The molecule has 2 rings (SSSR count). The zero-order valence-corrected chi connectivity index (χ0v) is 12.0. The maximum Gasteiger partial charge on any atom is 0.348 e. The van der Waals surface area contributed by atoms with Crippen LogP contribution in [0.3, 0.4) is 0 Å². The Labute approximate surface area is 113 Å². The Morgan fingerprint density at radius 1 is 1.33 bits per heavy atom. The van der Waals surface area contributed by atoms with Crippen LogP contribution in [0, 0.1) is 0 Å². The molecule has 0 amide bonds. The van der Waals surface area contributed by atoms with Crippen molar-refractivity contribution in [3.8, 4) is 0 Å². The molecule has 1 aromatic heterocycles. The lowest BCUT2D eigenvalue weighted by atomic mass is 10.1. The van der Waals surface area contributed by atoms with Crippen LogP contribution in [0.1, 0.15) is 47.7 Å². The molecule has 4 heteroatoms. The number of rotatable bonds is 4. The zero-order valence-electron chi connectivity index (χ0n) is 11.1. The van der Waals surface area contributed by atoms with Crippen molar-refractivity contribution in [3.63, 3.8) is 0 Å². The van der Waals surface area contributed by atoms with Gasteiger partial charge in [-0.1, -0.05) is 6.42 Å². The third kappa shape index (κ3) is 3.82. The fourth-order valence-corrected chi connectivity index (χ4v) is 3.12. The van der Waals surface area contributed by atoms with Gasteiger partial charge in [0, 0.05) is 11.4 Å². The monoisotopic (exact) mass is 267 g/mol. The lowest BCUT2D eigenvalue weighted by molar-refractivity contribution is 0.0384. The number of piperidine rings is 1. The highest BCUT2D eigenvalue weighted by atomic mass is 32.1. The molecule has 18 heavy (non-hydrogen) atoms. The normalized spacial score (nSPS) is 17.1. The highest BCUT2D eigenvalue weighted by Gasteiger charge is 2.15. The number of carbonyl (C=O) groups excluding carboxylic acids is 1. The van der Waals surface area contributed by atoms with Gasteiger partial charge in [-0.2, -0.15) is 0 Å². The first kappa shape index (κ1) is 13.6. The van der Waals surface area contributed by atoms with Gasteiger partial charge in [-0.15, -0.1) is 11.3 Å². The molecule has 1 fully saturated rings. The SMILES string of the molecule is CC(C)OC(=O)c1ccc(CN2CCCCC2)s1. The minimum atomic E-state index is -0.195. The summed E-state index contributed by atoms with van der Waals surface area (Å²) in [6.45, 7) is 7.09. The third-order valence-electron chi connectivity index (χ3n) is 3.03. The summed E-state index contributed by atoms with van der Waals surface area (Å²) < 4.78 is 5.20. The fourth-order valence-electron chi connectivity index (χ4n) is 2.18. The molecule has 2 heterocycles. The number of nitrogens with zero attached hydrogens (tertiary/aromatic N) is 1. The molecule has 1 aromatic rings. The molecule has 0 aromatic carbocycles. The van der Waals surface area contributed by atoms with Gasteiger partial charge in [0.2, 0.25) is 0 Å². The fraction of sp³-hybridized carbons (Fsp3) is 0.643. The lowest BCUT2D eigenvalue weighted by Crippen LogP contribution is -2.28. The molecule has 0 aliphatic carbocycles. The molecule has 0 atom stereocenters. The topological polar surface area (TPSA) is 29.5 Å². The van der Waals surface area contributed by atoms with Crippen molar-refractivity contribution in [3.05, 3.63) is 21.9 Å². The predicted octanol–water partition coefficient (Wildman–Crippen LogP) is 3.30. The van der Waals surface area contributed by atoms with Gasteiger partial charge in [0.15, 0.2) is 0 Å². The number of likely N-dealkylation sites (tertiary alicyclic amines) is 1. The molecule has 0 spiro atoms. The molecule has 3 nitrogen and oxygen atoms in total. The van der Waals surface area contributed by atoms with Gasteiger partial charge in [0.1, 0.15) is 4.88 Å². The Morgan fingerprint density at radius 2 is 2.06 bits per heavy atom. The van der Waals surface area contributed by atoms with Crippen molar-refractivity contribution in [2.75, 3.05) is 13.1 Å². The maximum absolute atomic E-state index is 11.7. The Bertz CT molecular complexity index is 394. The first-order valence-electron chi connectivity index (χ1n) is 6.67. The van der Waals surface area contributed by atoms with Crippen LogP contribution >= 0.6 is 11.3 Å². The Balaban J connectivity index is 1.90. The van der Waals surface area contributed by atoms with E-state index in [-0.39, 0.29) is 12.1 Å². The van der Waals surface area contributed by atoms with Crippen molar-refractivity contribution in [1.82, 2.24) is 4.90 Å². The van der Waals surface area contributed by atoms with Crippen LogP contribution in [0.2, 0.25) is 0 Å². The van der Waals surface area contributed by atoms with Gasteiger partial charge in [-0.25, -0.2) is 4.79 Å². The van der Waals surface area contributed by atoms with E-state index >= 15 is 0 Å². The molecule has 1 saturated heterocycles. The van der Waals surface area contributed by atoms with E-state index in [4.69, 9.17) is 4.74 Å². The standard InChI is InChI=1S/C14H21NO2S/c1-11(2)17-14(16)13-7-6-12(18-13)10-15-8-4-3-5-9-15/h6-7,11H,3-5,8-10H2,1-2H3. The summed E-state index contributed by atoms with van der Waals surface area (Å²) in [7, 11) is 0. The predicted molar refractivity (Wildman–Crippen MR) is 74.0 cm³/mol. The summed E-state index contributed by atoms with van der Waals surface area (Å²) in [4.78, 5) is 16.2. The molecular weight excluding hydrogens is 246 g/mol. The van der Waals surface area contributed by atoms with E-state index in [9.17, 15) is 4.79 Å². The average Bonchev–Trinajstić information content (AvgIpc) is 2.78. The highest BCUT2D eigenvalue weighted by molar-refractivity contribution is 7.13. The van der Waals surface area contributed by atoms with Gasteiger partial charge in [-0.05, 0) is 51.9 Å². The van der Waals surface area contributed by atoms with Gasteiger partial charge >= 0.3 is 5.97 Å². The van der Waals surface area contributed by atoms with Crippen molar-refractivity contribution in [2.24, 2.45) is 0 Å². The first-order valence-corrected chi connectivity index (χ1v) is 7.49. The summed E-state index contributed by atoms with van der Waals surface area (Å²) in [5, 5.41) is 0. The molecule has 100 valence electrons. The minimum Gasteiger partial charge on any atom is -0.459 e. The second kappa shape index (κ2) is 6.34. The second-order valence-corrected chi connectivity index (χ2v) is 6.23. The molecule has 0 radical (unpaired) electrons. The van der Waals surface area contributed by atoms with Crippen LogP contribution in [-0.2, 0) is 11.3 Å². The van der Waals surface area contributed by atoms with Gasteiger partial charge < -0.3 is 4.74 Å². The van der Waals surface area contributed by atoms with Crippen LogP contribution in [0.15, 0.2) is 12.1 Å². The molecule has 0 saturated carbocycles. The summed E-state index contributed by atoms with van der Waals surface area (Å²) in [5.74, 6) is -0.195. The Hall–Kier alpha value is -0.870. The molecule has 1 aliphatic heterocycles. The molecule has 0 bridgehead atoms. The van der Waals surface area contributed by atoms with Crippen molar-refractivity contribution in [1.29, 1.82) is 0 Å². The van der Waals surface area contributed by atoms with Crippen molar-refractivity contribution < 1.29 is 9.53 Å². The smallest absolute Gasteiger partial charge is 0.348 e. The minimum absolute atomic E-state index is 0.0508. The lowest BCUT2D eigenvalue weighted by Gasteiger charge is -2.25. The van der Waals surface area contributed by atoms with Crippen LogP contribution in [0.25, 0.3) is 0 Å². The Morgan fingerprint density at radius 3 is 2.72 bits per heavy atom. The number of esters is 1.